The van der Waals surface area contributed by atoms with E-state index in [-0.39, 0.29) is 5.97 Å². The Balaban J connectivity index is 1.64. The van der Waals surface area contributed by atoms with Gasteiger partial charge in [0.15, 0.2) is 0 Å². The summed E-state index contributed by atoms with van der Waals surface area (Å²) < 4.78 is 0. The summed E-state index contributed by atoms with van der Waals surface area (Å²) in [5.74, 6) is 1.85. The van der Waals surface area contributed by atoms with E-state index in [2.05, 4.69) is 14.9 Å². The van der Waals surface area contributed by atoms with Crippen LogP contribution in [0.1, 0.15) is 45.1 Å². The van der Waals surface area contributed by atoms with Crippen LogP contribution in [-0.4, -0.2) is 47.2 Å². The van der Waals surface area contributed by atoms with Crippen molar-refractivity contribution in [2.75, 3.05) is 36.8 Å². The lowest BCUT2D eigenvalue weighted by atomic mass is 9.98. The van der Waals surface area contributed by atoms with Crippen LogP contribution in [0, 0.1) is 5.41 Å². The fraction of sp³-hybridized carbons (Fsp3) is 0.688. The number of aromatic nitrogens is 2. The van der Waals surface area contributed by atoms with Gasteiger partial charge in [0.1, 0.15) is 18.0 Å². The van der Waals surface area contributed by atoms with E-state index in [1.165, 1.54) is 6.33 Å². The molecule has 1 saturated carbocycles. The molecule has 1 aromatic rings. The van der Waals surface area contributed by atoms with Gasteiger partial charge in [0.25, 0.3) is 0 Å². The molecule has 23 heavy (non-hydrogen) atoms. The van der Waals surface area contributed by atoms with Crippen LogP contribution in [0.3, 0.4) is 0 Å². The SMILES string of the molecule is CC(C)(C)C(=O)ON1CCN(c2ncnc(N)c2C2CC2)CC1. The van der Waals surface area contributed by atoms with E-state index >= 15 is 0 Å². The average molecular weight is 319 g/mol. The number of carbonyl (C=O) groups excluding carboxylic acids is 1. The fourth-order valence-electron chi connectivity index (χ4n) is 2.66. The lowest BCUT2D eigenvalue weighted by molar-refractivity contribution is -0.201. The number of hydroxylamine groups is 2. The first-order valence-corrected chi connectivity index (χ1v) is 8.19. The minimum Gasteiger partial charge on any atom is -0.383 e. The maximum atomic E-state index is 12.0. The highest BCUT2D eigenvalue weighted by atomic mass is 16.7. The largest absolute Gasteiger partial charge is 0.383 e. The van der Waals surface area contributed by atoms with E-state index in [1.54, 1.807) is 5.06 Å². The van der Waals surface area contributed by atoms with Gasteiger partial charge in [-0.1, -0.05) is 0 Å². The molecule has 3 rings (SSSR count). The van der Waals surface area contributed by atoms with E-state index < -0.39 is 5.41 Å². The molecule has 0 bridgehead atoms. The molecule has 7 nitrogen and oxygen atoms in total. The first-order chi connectivity index (χ1) is 10.9. The molecule has 7 heteroatoms. The van der Waals surface area contributed by atoms with Crippen molar-refractivity contribution < 1.29 is 9.63 Å². The number of nitrogen functional groups attached to an aromatic ring is 1. The second kappa shape index (κ2) is 5.96. The molecule has 1 saturated heterocycles. The van der Waals surface area contributed by atoms with Crippen LogP contribution in [0.2, 0.25) is 0 Å². The predicted octanol–water partition coefficient (Wildman–Crippen LogP) is 1.56. The molecule has 2 heterocycles. The van der Waals surface area contributed by atoms with Crippen molar-refractivity contribution in [3.63, 3.8) is 0 Å². The Morgan fingerprint density at radius 3 is 2.43 bits per heavy atom. The standard InChI is InChI=1S/C16H25N5O2/c1-16(2,3)15(22)23-21-8-6-20(7-9-21)14-12(11-4-5-11)13(17)18-10-19-14/h10-11H,4-9H2,1-3H3,(H2,17,18,19). The van der Waals surface area contributed by atoms with E-state index in [0.717, 1.165) is 37.3 Å². The lowest BCUT2D eigenvalue weighted by Crippen LogP contribution is -2.48. The number of carbonyl (C=O) groups is 1. The Hall–Kier alpha value is -1.89. The molecular weight excluding hydrogens is 294 g/mol. The van der Waals surface area contributed by atoms with Crippen LogP contribution in [-0.2, 0) is 9.63 Å². The molecule has 0 aromatic carbocycles. The third-order valence-electron chi connectivity index (χ3n) is 4.24. The van der Waals surface area contributed by atoms with Gasteiger partial charge in [-0.3, -0.25) is 0 Å². The zero-order valence-corrected chi connectivity index (χ0v) is 14.1. The molecule has 1 aliphatic carbocycles. The zero-order valence-electron chi connectivity index (χ0n) is 14.1. The van der Waals surface area contributed by atoms with Gasteiger partial charge in [0, 0.05) is 18.7 Å². The highest BCUT2D eigenvalue weighted by molar-refractivity contribution is 5.75. The van der Waals surface area contributed by atoms with E-state index in [4.69, 9.17) is 10.6 Å². The smallest absolute Gasteiger partial charge is 0.330 e. The summed E-state index contributed by atoms with van der Waals surface area (Å²) in [4.78, 5) is 28.2. The second-order valence-electron chi connectivity index (χ2n) is 7.32. The number of hydrogen-bond acceptors (Lipinski definition) is 7. The van der Waals surface area contributed by atoms with Gasteiger partial charge in [-0.15, -0.1) is 5.06 Å². The van der Waals surface area contributed by atoms with Crippen LogP contribution >= 0.6 is 0 Å². The molecule has 0 radical (unpaired) electrons. The molecule has 1 aromatic heterocycles. The number of nitrogens with two attached hydrogens (primary N) is 1. The Kier molecular flexibility index (Phi) is 4.14. The minimum atomic E-state index is -0.489. The molecule has 1 aliphatic heterocycles. The Morgan fingerprint density at radius 2 is 1.87 bits per heavy atom. The van der Waals surface area contributed by atoms with Crippen LogP contribution in [0.15, 0.2) is 6.33 Å². The van der Waals surface area contributed by atoms with Crippen molar-refractivity contribution in [1.82, 2.24) is 15.0 Å². The summed E-state index contributed by atoms with van der Waals surface area (Å²) in [7, 11) is 0. The predicted molar refractivity (Wildman–Crippen MR) is 87.8 cm³/mol. The Morgan fingerprint density at radius 1 is 1.22 bits per heavy atom. The Bertz CT molecular complexity index is 587. The molecule has 2 N–H and O–H groups in total. The summed E-state index contributed by atoms with van der Waals surface area (Å²) in [5, 5.41) is 1.74. The van der Waals surface area contributed by atoms with Crippen LogP contribution in [0.5, 0.6) is 0 Å². The average Bonchev–Trinajstić information content (AvgIpc) is 3.31. The first kappa shape index (κ1) is 16.0. The summed E-state index contributed by atoms with van der Waals surface area (Å²) in [6, 6.07) is 0. The fourth-order valence-corrected chi connectivity index (χ4v) is 2.66. The number of hydrogen-bond donors (Lipinski definition) is 1. The van der Waals surface area contributed by atoms with Gasteiger partial charge in [-0.25, -0.2) is 14.8 Å². The lowest BCUT2D eigenvalue weighted by Gasteiger charge is -2.35. The molecule has 0 atom stereocenters. The van der Waals surface area contributed by atoms with Gasteiger partial charge in [-0.05, 0) is 39.5 Å². The quantitative estimate of drug-likeness (QED) is 0.905. The maximum absolute atomic E-state index is 12.0. The normalized spacial score (nSPS) is 19.7. The van der Waals surface area contributed by atoms with Gasteiger partial charge in [0.05, 0.1) is 18.5 Å². The number of piperazine rings is 1. The molecule has 2 aliphatic rings. The molecule has 0 unspecified atom stereocenters. The minimum absolute atomic E-state index is 0.198. The van der Waals surface area contributed by atoms with Crippen LogP contribution < -0.4 is 10.6 Å². The summed E-state index contributed by atoms with van der Waals surface area (Å²) in [6.45, 7) is 8.42. The van der Waals surface area contributed by atoms with Crippen molar-refractivity contribution in [2.24, 2.45) is 5.41 Å². The second-order valence-corrected chi connectivity index (χ2v) is 7.32. The van der Waals surface area contributed by atoms with E-state index in [0.29, 0.717) is 24.8 Å². The van der Waals surface area contributed by atoms with E-state index in [9.17, 15) is 4.79 Å². The van der Waals surface area contributed by atoms with Gasteiger partial charge in [-0.2, -0.15) is 0 Å². The van der Waals surface area contributed by atoms with E-state index in [1.807, 2.05) is 20.8 Å². The van der Waals surface area contributed by atoms with Crippen molar-refractivity contribution in [1.29, 1.82) is 0 Å². The summed E-state index contributed by atoms with van der Waals surface area (Å²) >= 11 is 0. The first-order valence-electron chi connectivity index (χ1n) is 8.19. The highest BCUT2D eigenvalue weighted by Gasteiger charge is 2.33. The number of nitrogens with zero attached hydrogens (tertiary/aromatic N) is 4. The summed E-state index contributed by atoms with van der Waals surface area (Å²) in [6.07, 6.45) is 3.85. The highest BCUT2D eigenvalue weighted by Crippen LogP contribution is 2.45. The molecule has 126 valence electrons. The zero-order chi connectivity index (χ0) is 16.6. The monoisotopic (exact) mass is 319 g/mol. The van der Waals surface area contributed by atoms with Crippen LogP contribution in [0.4, 0.5) is 11.6 Å². The third kappa shape index (κ3) is 3.55. The molecule has 2 fully saturated rings. The molecular formula is C16H25N5O2. The molecule has 0 spiro atoms. The van der Waals surface area contributed by atoms with Crippen molar-refractivity contribution in [3.8, 4) is 0 Å². The topological polar surface area (TPSA) is 84.6 Å². The molecule has 0 amide bonds. The third-order valence-corrected chi connectivity index (χ3v) is 4.24. The Labute approximate surface area is 136 Å². The van der Waals surface area contributed by atoms with Gasteiger partial charge >= 0.3 is 5.97 Å². The van der Waals surface area contributed by atoms with Gasteiger partial charge in [0.2, 0.25) is 0 Å². The van der Waals surface area contributed by atoms with Gasteiger partial charge < -0.3 is 15.5 Å². The maximum Gasteiger partial charge on any atom is 0.330 e. The van der Waals surface area contributed by atoms with Crippen LogP contribution in [0.25, 0.3) is 0 Å². The summed E-state index contributed by atoms with van der Waals surface area (Å²) in [5.41, 5.74) is 6.65. The number of anilines is 2. The van der Waals surface area contributed by atoms with Crippen molar-refractivity contribution >= 4 is 17.6 Å². The van der Waals surface area contributed by atoms with Crippen molar-refractivity contribution in [3.05, 3.63) is 11.9 Å². The number of rotatable bonds is 3. The van der Waals surface area contributed by atoms with Crippen molar-refractivity contribution in [2.45, 2.75) is 39.5 Å².